The van der Waals surface area contributed by atoms with Crippen LogP contribution in [0.1, 0.15) is 5.56 Å². The van der Waals surface area contributed by atoms with Crippen LogP contribution in [0.15, 0.2) is 72.8 Å². The SMILES string of the molecule is O=C(Nc1ccc([N+](=O)[O-])cc1O)Nc1cc(C(F)(F)F)ccc1Cl.O=C(Nc1ccc([N+](=O)[O-])cc1O)Nc1cc([N+](=O)[O-])ccc1F. The van der Waals surface area contributed by atoms with Gasteiger partial charge in [0.25, 0.3) is 17.1 Å². The predicted octanol–water partition coefficient (Wildman–Crippen LogP) is 7.61. The van der Waals surface area contributed by atoms with Gasteiger partial charge in [-0.25, -0.2) is 14.0 Å². The van der Waals surface area contributed by atoms with Crippen LogP contribution in [-0.2, 0) is 6.18 Å². The van der Waals surface area contributed by atoms with Gasteiger partial charge in [-0.05, 0) is 36.4 Å². The topological polar surface area (TPSA) is 252 Å². The highest BCUT2D eigenvalue weighted by molar-refractivity contribution is 6.33. The van der Waals surface area contributed by atoms with Crippen molar-refractivity contribution in [1.29, 1.82) is 0 Å². The lowest BCUT2D eigenvalue weighted by Crippen LogP contribution is -2.20. The molecule has 4 rings (SSSR count). The van der Waals surface area contributed by atoms with E-state index in [0.29, 0.717) is 6.07 Å². The van der Waals surface area contributed by atoms with E-state index in [1.807, 2.05) is 5.32 Å². The van der Waals surface area contributed by atoms with E-state index < -0.39 is 73.0 Å². The monoisotopic (exact) mass is 711 g/mol. The molecule has 0 saturated carbocycles. The zero-order valence-corrected chi connectivity index (χ0v) is 24.6. The number of carbonyl (C=O) groups excluding carboxylic acids is 2. The third-order valence-electron chi connectivity index (χ3n) is 5.83. The van der Waals surface area contributed by atoms with Crippen molar-refractivity contribution in [2.75, 3.05) is 21.3 Å². The molecule has 0 spiro atoms. The summed E-state index contributed by atoms with van der Waals surface area (Å²) >= 11 is 5.75. The number of non-ortho nitro benzene ring substituents is 3. The summed E-state index contributed by atoms with van der Waals surface area (Å²) < 4.78 is 51.6. The fourth-order valence-electron chi connectivity index (χ4n) is 3.55. The van der Waals surface area contributed by atoms with Gasteiger partial charge in [-0.2, -0.15) is 13.2 Å². The van der Waals surface area contributed by atoms with Crippen molar-refractivity contribution in [3.05, 3.63) is 120 Å². The molecular weight excluding hydrogens is 694 g/mol. The van der Waals surface area contributed by atoms with E-state index >= 15 is 0 Å². The molecule has 0 heterocycles. The number of halogens is 5. The van der Waals surface area contributed by atoms with Gasteiger partial charge in [-0.15, -0.1) is 0 Å². The van der Waals surface area contributed by atoms with E-state index in [-0.39, 0.29) is 27.8 Å². The molecule has 22 heteroatoms. The maximum atomic E-state index is 13.6. The first-order chi connectivity index (χ1) is 22.8. The zero-order valence-electron chi connectivity index (χ0n) is 23.8. The van der Waals surface area contributed by atoms with E-state index in [1.54, 1.807) is 0 Å². The van der Waals surface area contributed by atoms with Crippen LogP contribution in [0.25, 0.3) is 0 Å². The molecule has 0 radical (unpaired) electrons. The van der Waals surface area contributed by atoms with Crippen molar-refractivity contribution in [2.24, 2.45) is 0 Å². The fraction of sp³-hybridized carbons (Fsp3) is 0.0370. The molecule has 4 amide bonds. The molecule has 0 aromatic heterocycles. The molecule has 17 nitrogen and oxygen atoms in total. The number of nitrogens with zero attached hydrogens (tertiary/aromatic N) is 3. The average molecular weight is 712 g/mol. The number of phenolic OH excluding ortho intramolecular Hbond substituents is 2. The van der Waals surface area contributed by atoms with E-state index in [0.717, 1.165) is 66.7 Å². The molecular formula is C27H18ClF4N7O10. The fourth-order valence-corrected chi connectivity index (χ4v) is 3.72. The number of amides is 4. The van der Waals surface area contributed by atoms with Crippen molar-refractivity contribution in [1.82, 2.24) is 0 Å². The molecule has 0 aliphatic rings. The third kappa shape index (κ3) is 10.1. The molecule has 4 aromatic rings. The van der Waals surface area contributed by atoms with Crippen LogP contribution >= 0.6 is 11.6 Å². The van der Waals surface area contributed by atoms with Gasteiger partial charge in [0.2, 0.25) is 0 Å². The minimum atomic E-state index is -4.62. The Morgan fingerprint density at radius 2 is 1.02 bits per heavy atom. The number of nitro groups is 3. The summed E-state index contributed by atoms with van der Waals surface area (Å²) in [7, 11) is 0. The molecule has 0 aliphatic heterocycles. The number of aromatic hydroxyl groups is 2. The first-order valence-electron chi connectivity index (χ1n) is 12.8. The Hall–Kier alpha value is -6.77. The predicted molar refractivity (Wildman–Crippen MR) is 164 cm³/mol. The molecule has 4 aromatic carbocycles. The Bertz CT molecular complexity index is 1960. The molecule has 0 saturated heterocycles. The second-order valence-corrected chi connectivity index (χ2v) is 9.60. The van der Waals surface area contributed by atoms with Gasteiger partial charge in [0.05, 0.1) is 60.2 Å². The van der Waals surface area contributed by atoms with Crippen LogP contribution in [0.3, 0.4) is 0 Å². The van der Waals surface area contributed by atoms with Crippen molar-refractivity contribution in [3.63, 3.8) is 0 Å². The molecule has 0 atom stereocenters. The minimum absolute atomic E-state index is 0.129. The van der Waals surface area contributed by atoms with Crippen molar-refractivity contribution < 1.29 is 52.1 Å². The molecule has 0 aliphatic carbocycles. The number of alkyl halides is 3. The number of hydrogen-bond donors (Lipinski definition) is 6. The van der Waals surface area contributed by atoms with Crippen LogP contribution in [0.5, 0.6) is 11.5 Å². The van der Waals surface area contributed by atoms with Gasteiger partial charge in [0, 0.05) is 24.3 Å². The van der Waals surface area contributed by atoms with Gasteiger partial charge < -0.3 is 31.5 Å². The average Bonchev–Trinajstić information content (AvgIpc) is 3.00. The summed E-state index contributed by atoms with van der Waals surface area (Å²) in [6, 6.07) is 8.82. The molecule has 49 heavy (non-hydrogen) atoms. The summed E-state index contributed by atoms with van der Waals surface area (Å²) in [5.41, 5.74) is -3.29. The van der Waals surface area contributed by atoms with Crippen molar-refractivity contribution in [2.45, 2.75) is 6.18 Å². The molecule has 0 bridgehead atoms. The standard InChI is InChI=1S/C14H9ClF3N3O4.C13H9FN4O6/c15-9-3-1-7(14(16,17)18)5-11(9)20-13(23)19-10-4-2-8(21(24)25)6-12(10)22;14-9-3-1-7(17(21)22)5-11(9)16-13(20)15-10-4-2-8(18(23)24)6-12(10)19/h1-6,22H,(H2,19,20,23);1-6,19H,(H2,15,16,20). The Morgan fingerprint density at radius 1 is 0.612 bits per heavy atom. The summed E-state index contributed by atoms with van der Waals surface area (Å²) in [6.45, 7) is 0. The Labute approximate surface area is 274 Å². The Kier molecular flexibility index (Phi) is 11.4. The van der Waals surface area contributed by atoms with Crippen LogP contribution in [0.4, 0.5) is 67.0 Å². The largest absolute Gasteiger partial charge is 0.506 e. The molecule has 6 N–H and O–H groups in total. The number of nitro benzene ring substituents is 3. The van der Waals surface area contributed by atoms with E-state index in [9.17, 15) is 67.7 Å². The minimum Gasteiger partial charge on any atom is -0.506 e. The Balaban J connectivity index is 0.000000266. The van der Waals surface area contributed by atoms with Gasteiger partial charge in [0.1, 0.15) is 17.3 Å². The second-order valence-electron chi connectivity index (χ2n) is 9.19. The van der Waals surface area contributed by atoms with Gasteiger partial charge in [0.15, 0.2) is 0 Å². The Morgan fingerprint density at radius 3 is 1.45 bits per heavy atom. The van der Waals surface area contributed by atoms with Crippen LogP contribution in [-0.4, -0.2) is 37.0 Å². The van der Waals surface area contributed by atoms with Gasteiger partial charge in [-0.3, -0.25) is 30.3 Å². The van der Waals surface area contributed by atoms with Crippen molar-refractivity contribution >= 4 is 63.5 Å². The first kappa shape index (κ1) is 36.7. The zero-order chi connectivity index (χ0) is 36.6. The second kappa shape index (κ2) is 15.2. The molecule has 256 valence electrons. The highest BCUT2D eigenvalue weighted by atomic mass is 35.5. The summed E-state index contributed by atoms with van der Waals surface area (Å²) in [5.74, 6) is -2.05. The highest BCUT2D eigenvalue weighted by Crippen LogP contribution is 2.34. The maximum absolute atomic E-state index is 13.6. The lowest BCUT2D eigenvalue weighted by molar-refractivity contribution is -0.385. The highest BCUT2D eigenvalue weighted by Gasteiger charge is 2.31. The summed E-state index contributed by atoms with van der Waals surface area (Å²) in [6.07, 6.45) is -4.62. The normalized spacial score (nSPS) is 10.6. The molecule has 0 unspecified atom stereocenters. The summed E-state index contributed by atoms with van der Waals surface area (Å²) in [4.78, 5) is 53.2. The quantitative estimate of drug-likeness (QED) is 0.0473. The van der Waals surface area contributed by atoms with E-state index in [4.69, 9.17) is 11.6 Å². The first-order valence-corrected chi connectivity index (χ1v) is 13.1. The van der Waals surface area contributed by atoms with Crippen LogP contribution < -0.4 is 21.3 Å². The number of nitrogens with one attached hydrogen (secondary N) is 4. The lowest BCUT2D eigenvalue weighted by Gasteiger charge is -2.12. The lowest BCUT2D eigenvalue weighted by atomic mass is 10.2. The number of anilines is 4. The van der Waals surface area contributed by atoms with Gasteiger partial charge in [-0.1, -0.05) is 11.6 Å². The third-order valence-corrected chi connectivity index (χ3v) is 6.16. The number of rotatable bonds is 7. The van der Waals surface area contributed by atoms with Crippen LogP contribution in [0.2, 0.25) is 5.02 Å². The number of carbonyl (C=O) groups is 2. The smallest absolute Gasteiger partial charge is 0.416 e. The van der Waals surface area contributed by atoms with Gasteiger partial charge >= 0.3 is 18.2 Å². The number of phenols is 2. The summed E-state index contributed by atoms with van der Waals surface area (Å²) in [5, 5.41) is 59.3. The number of benzene rings is 4. The molecule has 0 fully saturated rings. The van der Waals surface area contributed by atoms with E-state index in [2.05, 4.69) is 16.0 Å². The maximum Gasteiger partial charge on any atom is 0.416 e. The van der Waals surface area contributed by atoms with E-state index in [1.165, 1.54) is 0 Å². The number of urea groups is 2. The van der Waals surface area contributed by atoms with Crippen molar-refractivity contribution in [3.8, 4) is 11.5 Å². The van der Waals surface area contributed by atoms with Crippen LogP contribution in [0, 0.1) is 36.2 Å². The number of hydrogen-bond acceptors (Lipinski definition) is 10.